The van der Waals surface area contributed by atoms with Gasteiger partial charge >= 0.3 is 0 Å². The monoisotopic (exact) mass is 196 g/mol. The van der Waals surface area contributed by atoms with Crippen molar-refractivity contribution in [3.05, 3.63) is 24.5 Å². The first kappa shape index (κ1) is 10.6. The molecule has 1 aliphatic carbocycles. The Balaban J connectivity index is 2.65. The van der Waals surface area contributed by atoms with E-state index in [1.807, 2.05) is 6.08 Å². The summed E-state index contributed by atoms with van der Waals surface area (Å²) in [6.07, 6.45) is 6.48. The van der Waals surface area contributed by atoms with Gasteiger partial charge in [-0.3, -0.25) is 0 Å². The minimum atomic E-state index is -1.40. The highest BCUT2D eigenvalue weighted by Crippen LogP contribution is 2.37. The molecule has 1 atom stereocenters. The highest BCUT2D eigenvalue weighted by molar-refractivity contribution is 6.70. The second-order valence-corrected chi connectivity index (χ2v) is 9.46. The molecule has 74 valence electrons. The van der Waals surface area contributed by atoms with Crippen LogP contribution in [0.3, 0.4) is 0 Å². The third-order valence-corrected chi connectivity index (χ3v) is 3.18. The van der Waals surface area contributed by atoms with Gasteiger partial charge in [-0.15, -0.1) is 6.58 Å². The molecule has 0 aromatic rings. The molecule has 0 unspecified atom stereocenters. The summed E-state index contributed by atoms with van der Waals surface area (Å²) in [6, 6.07) is 0. The van der Waals surface area contributed by atoms with Gasteiger partial charge in [0.15, 0.2) is 0 Å². The molecule has 0 spiro atoms. The standard InChI is InChI=1S/C11H20OSi/c1-6-11(2)8-7-10(9-11)12-13(3,4)5/h6,9H,1,7-8H2,2-5H3/t11-/m1/s1. The molecule has 0 amide bonds. The molecule has 0 aliphatic heterocycles. The Morgan fingerprint density at radius 1 is 1.54 bits per heavy atom. The van der Waals surface area contributed by atoms with Crippen molar-refractivity contribution in [3.63, 3.8) is 0 Å². The van der Waals surface area contributed by atoms with Gasteiger partial charge in [0.2, 0.25) is 8.32 Å². The highest BCUT2D eigenvalue weighted by Gasteiger charge is 2.28. The van der Waals surface area contributed by atoms with Crippen molar-refractivity contribution in [2.45, 2.75) is 39.4 Å². The smallest absolute Gasteiger partial charge is 0.241 e. The molecule has 0 bridgehead atoms. The predicted octanol–water partition coefficient (Wildman–Crippen LogP) is 3.71. The minimum absolute atomic E-state index is 0.176. The average molecular weight is 196 g/mol. The maximum atomic E-state index is 5.95. The second-order valence-electron chi connectivity index (χ2n) is 5.04. The van der Waals surface area contributed by atoms with Crippen LogP contribution in [0.1, 0.15) is 19.8 Å². The zero-order valence-electron chi connectivity index (χ0n) is 9.18. The van der Waals surface area contributed by atoms with E-state index >= 15 is 0 Å². The quantitative estimate of drug-likeness (QED) is 0.494. The van der Waals surface area contributed by atoms with E-state index in [1.54, 1.807) is 0 Å². The molecule has 0 N–H and O–H groups in total. The molecule has 13 heavy (non-hydrogen) atoms. The first-order valence-corrected chi connectivity index (χ1v) is 8.30. The molecule has 1 aliphatic rings. The summed E-state index contributed by atoms with van der Waals surface area (Å²) in [7, 11) is -1.40. The normalized spacial score (nSPS) is 28.5. The van der Waals surface area contributed by atoms with E-state index in [0.29, 0.717) is 0 Å². The summed E-state index contributed by atoms with van der Waals surface area (Å²) in [5.41, 5.74) is 0.176. The SMILES string of the molecule is C=C[C@@]1(C)C=C(O[Si](C)(C)C)CC1. The highest BCUT2D eigenvalue weighted by atomic mass is 28.4. The van der Waals surface area contributed by atoms with Crippen molar-refractivity contribution in [1.29, 1.82) is 0 Å². The van der Waals surface area contributed by atoms with Crippen LogP contribution in [0.15, 0.2) is 24.5 Å². The summed E-state index contributed by atoms with van der Waals surface area (Å²) in [4.78, 5) is 0. The fraction of sp³-hybridized carbons (Fsp3) is 0.636. The van der Waals surface area contributed by atoms with E-state index in [2.05, 4.69) is 39.2 Å². The Morgan fingerprint density at radius 2 is 2.15 bits per heavy atom. The van der Waals surface area contributed by atoms with Crippen molar-refractivity contribution in [3.8, 4) is 0 Å². The summed E-state index contributed by atoms with van der Waals surface area (Å²) < 4.78 is 5.95. The fourth-order valence-electron chi connectivity index (χ4n) is 1.54. The average Bonchev–Trinajstić information content (AvgIpc) is 2.30. The Labute approximate surface area is 82.6 Å². The molecule has 0 saturated carbocycles. The summed E-state index contributed by atoms with van der Waals surface area (Å²) in [5.74, 6) is 1.18. The molecule has 1 rings (SSSR count). The lowest BCUT2D eigenvalue weighted by molar-refractivity contribution is 0.406. The third kappa shape index (κ3) is 3.03. The van der Waals surface area contributed by atoms with Crippen LogP contribution < -0.4 is 0 Å². The van der Waals surface area contributed by atoms with Crippen LogP contribution in [0.25, 0.3) is 0 Å². The molecular formula is C11H20OSi. The van der Waals surface area contributed by atoms with E-state index in [9.17, 15) is 0 Å². The van der Waals surface area contributed by atoms with E-state index in [0.717, 1.165) is 12.8 Å². The van der Waals surface area contributed by atoms with Crippen LogP contribution >= 0.6 is 0 Å². The van der Waals surface area contributed by atoms with E-state index < -0.39 is 8.32 Å². The van der Waals surface area contributed by atoms with Gasteiger partial charge in [0.1, 0.15) is 0 Å². The number of hydrogen-bond donors (Lipinski definition) is 0. The van der Waals surface area contributed by atoms with Gasteiger partial charge in [0.05, 0.1) is 5.76 Å². The molecule has 2 heteroatoms. The van der Waals surface area contributed by atoms with Gasteiger partial charge in [0, 0.05) is 11.8 Å². The Hall–Kier alpha value is -0.503. The van der Waals surface area contributed by atoms with Gasteiger partial charge in [-0.05, 0) is 32.1 Å². The number of allylic oxidation sites excluding steroid dienone is 3. The van der Waals surface area contributed by atoms with Crippen molar-refractivity contribution >= 4 is 8.32 Å². The lowest BCUT2D eigenvalue weighted by Crippen LogP contribution is -2.24. The van der Waals surface area contributed by atoms with Crippen LogP contribution in [0, 0.1) is 5.41 Å². The Morgan fingerprint density at radius 3 is 2.54 bits per heavy atom. The molecule has 0 aromatic carbocycles. The van der Waals surface area contributed by atoms with Crippen molar-refractivity contribution in [2.75, 3.05) is 0 Å². The first-order chi connectivity index (χ1) is 5.85. The van der Waals surface area contributed by atoms with Crippen molar-refractivity contribution in [1.82, 2.24) is 0 Å². The third-order valence-electron chi connectivity index (χ3n) is 2.30. The molecule has 1 nitrogen and oxygen atoms in total. The van der Waals surface area contributed by atoms with Crippen LogP contribution in [0.4, 0.5) is 0 Å². The predicted molar refractivity (Wildman–Crippen MR) is 60.1 cm³/mol. The van der Waals surface area contributed by atoms with E-state index in [-0.39, 0.29) is 5.41 Å². The van der Waals surface area contributed by atoms with Crippen LogP contribution in [0.2, 0.25) is 19.6 Å². The lowest BCUT2D eigenvalue weighted by Gasteiger charge is -2.19. The van der Waals surface area contributed by atoms with Crippen LogP contribution in [-0.4, -0.2) is 8.32 Å². The molecule has 0 aromatic heterocycles. The summed E-state index contributed by atoms with van der Waals surface area (Å²) >= 11 is 0. The summed E-state index contributed by atoms with van der Waals surface area (Å²) in [6.45, 7) is 12.7. The maximum absolute atomic E-state index is 5.95. The maximum Gasteiger partial charge on any atom is 0.241 e. The van der Waals surface area contributed by atoms with Gasteiger partial charge in [0.25, 0.3) is 0 Å². The molecular weight excluding hydrogens is 176 g/mol. The van der Waals surface area contributed by atoms with Crippen molar-refractivity contribution in [2.24, 2.45) is 5.41 Å². The molecule has 0 radical (unpaired) electrons. The largest absolute Gasteiger partial charge is 0.548 e. The topological polar surface area (TPSA) is 9.23 Å². The molecule has 0 saturated heterocycles. The minimum Gasteiger partial charge on any atom is -0.548 e. The molecule has 0 heterocycles. The van der Waals surface area contributed by atoms with Crippen molar-refractivity contribution < 1.29 is 4.43 Å². The van der Waals surface area contributed by atoms with E-state index in [4.69, 9.17) is 4.43 Å². The zero-order chi connectivity index (χ0) is 10.1. The number of hydrogen-bond acceptors (Lipinski definition) is 1. The lowest BCUT2D eigenvalue weighted by atomic mass is 9.91. The Kier molecular flexibility index (Phi) is 2.71. The second kappa shape index (κ2) is 3.33. The number of rotatable bonds is 3. The van der Waals surface area contributed by atoms with Gasteiger partial charge in [-0.1, -0.05) is 13.0 Å². The summed E-state index contributed by atoms with van der Waals surface area (Å²) in [5, 5.41) is 0. The van der Waals surface area contributed by atoms with Gasteiger partial charge < -0.3 is 4.43 Å². The van der Waals surface area contributed by atoms with Gasteiger partial charge in [-0.2, -0.15) is 0 Å². The zero-order valence-corrected chi connectivity index (χ0v) is 10.2. The fourth-order valence-corrected chi connectivity index (χ4v) is 2.49. The van der Waals surface area contributed by atoms with Crippen LogP contribution in [0.5, 0.6) is 0 Å². The molecule has 0 fully saturated rings. The first-order valence-electron chi connectivity index (χ1n) is 4.89. The van der Waals surface area contributed by atoms with E-state index in [1.165, 1.54) is 5.76 Å². The van der Waals surface area contributed by atoms with Gasteiger partial charge in [-0.25, -0.2) is 0 Å². The van der Waals surface area contributed by atoms with Crippen LogP contribution in [-0.2, 0) is 4.43 Å². The Bertz CT molecular complexity index is 237.